The number of amides is 4. The summed E-state index contributed by atoms with van der Waals surface area (Å²) >= 11 is 0. The highest BCUT2D eigenvalue weighted by atomic mass is 16.2. The van der Waals surface area contributed by atoms with E-state index in [1.54, 1.807) is 84.9 Å². The Hall–Kier alpha value is -8.50. The fourth-order valence-electron chi connectivity index (χ4n) is 11.1. The standard InChI is InChI=1S/C62H52N4O6/c1-31(2)35-15-9-16-36(32(3)4)55(35)65-59(69)43-23-11-19-39-47(29-27-45(51(39)43)61(65)71)63-49-25-13-21-41-53(49)57(67)42-22-14-26-50(54(42)58(41)68)64-48-30-28-46-52-40(48)20-12-24-44(52)60(70)66(62(46)72)56-37(33(5)6)17-10-18-38(56)34(7)8/h9-34,63-64H,1-8H3. The summed E-state index contributed by atoms with van der Waals surface area (Å²) < 4.78 is 0. The van der Waals surface area contributed by atoms with Crippen molar-refractivity contribution in [3.63, 3.8) is 0 Å². The highest BCUT2D eigenvalue weighted by molar-refractivity contribution is 6.39. The molecule has 11 rings (SSSR count). The Labute approximate surface area is 417 Å². The maximum absolute atomic E-state index is 14.8. The van der Waals surface area contributed by atoms with Crippen molar-refractivity contribution in [3.8, 4) is 0 Å². The largest absolute Gasteiger partial charge is 0.354 e. The fraction of sp³-hybridized carbons (Fsp3) is 0.194. The summed E-state index contributed by atoms with van der Waals surface area (Å²) in [4.78, 5) is 90.6. The molecule has 0 atom stereocenters. The molecule has 356 valence electrons. The summed E-state index contributed by atoms with van der Waals surface area (Å²) in [6.45, 7) is 16.4. The Morgan fingerprint density at radius 3 is 0.944 bits per heavy atom. The first-order valence-corrected chi connectivity index (χ1v) is 24.6. The minimum Gasteiger partial charge on any atom is -0.354 e. The van der Waals surface area contributed by atoms with Gasteiger partial charge in [-0.3, -0.25) is 28.8 Å². The molecule has 0 spiro atoms. The number of carbonyl (C=O) groups excluding carboxylic acids is 6. The number of benzene rings is 8. The number of carbonyl (C=O) groups is 6. The second kappa shape index (κ2) is 17.1. The molecule has 3 aliphatic rings. The molecule has 72 heavy (non-hydrogen) atoms. The van der Waals surface area contributed by atoms with Crippen molar-refractivity contribution in [2.24, 2.45) is 0 Å². The zero-order chi connectivity index (χ0) is 50.6. The predicted octanol–water partition coefficient (Wildman–Crippen LogP) is 14.4. The number of anilines is 6. The number of hydrogen-bond donors (Lipinski definition) is 2. The quantitative estimate of drug-likeness (QED) is 0.130. The lowest BCUT2D eigenvalue weighted by Crippen LogP contribution is -2.41. The zero-order valence-electron chi connectivity index (χ0n) is 41.4. The number of imide groups is 2. The Kier molecular flexibility index (Phi) is 10.9. The molecular formula is C62H52N4O6. The van der Waals surface area contributed by atoms with Crippen LogP contribution in [-0.2, 0) is 0 Å². The molecule has 0 radical (unpaired) electrons. The smallest absolute Gasteiger partial charge is 0.266 e. The van der Waals surface area contributed by atoms with E-state index in [-0.39, 0.29) is 57.5 Å². The average molecular weight is 949 g/mol. The molecular weight excluding hydrogens is 897 g/mol. The molecule has 0 bridgehead atoms. The Bertz CT molecular complexity index is 3410. The second-order valence-electron chi connectivity index (χ2n) is 20.2. The van der Waals surface area contributed by atoms with Crippen LogP contribution in [-0.4, -0.2) is 35.2 Å². The molecule has 8 aromatic rings. The van der Waals surface area contributed by atoms with Crippen LogP contribution in [0, 0.1) is 0 Å². The van der Waals surface area contributed by atoms with Crippen LogP contribution in [0.5, 0.6) is 0 Å². The van der Waals surface area contributed by atoms with Crippen LogP contribution in [0.25, 0.3) is 21.5 Å². The fourth-order valence-corrected chi connectivity index (χ4v) is 11.1. The number of hydrogen-bond acceptors (Lipinski definition) is 8. The van der Waals surface area contributed by atoms with Gasteiger partial charge in [-0.05, 0) is 94.5 Å². The van der Waals surface area contributed by atoms with E-state index < -0.39 is 23.6 Å². The van der Waals surface area contributed by atoms with Crippen molar-refractivity contribution < 1.29 is 28.8 Å². The normalized spacial score (nSPS) is 14.2. The first kappa shape index (κ1) is 45.9. The topological polar surface area (TPSA) is 133 Å². The lowest BCUT2D eigenvalue weighted by Gasteiger charge is -2.32. The summed E-state index contributed by atoms with van der Waals surface area (Å²) in [5, 5.41) is 9.11. The van der Waals surface area contributed by atoms with Gasteiger partial charge < -0.3 is 10.6 Å². The van der Waals surface area contributed by atoms with Crippen LogP contribution >= 0.6 is 0 Å². The molecule has 8 aromatic carbocycles. The molecule has 2 heterocycles. The third-order valence-corrected chi connectivity index (χ3v) is 14.6. The SMILES string of the molecule is CC(C)c1cccc(C(C)C)c1N1C(=O)c2cccc3c(Nc4cccc5c4C(=O)c4cccc(Nc6ccc7c8c(cccc68)C(=O)N(c6c(C(C)C)cccc6C(C)C)C7=O)c4C5=O)ccc(c23)C1=O. The van der Waals surface area contributed by atoms with Crippen molar-refractivity contribution in [2.45, 2.75) is 79.1 Å². The maximum atomic E-state index is 14.8. The number of fused-ring (bicyclic) bond motifs is 2. The summed E-state index contributed by atoms with van der Waals surface area (Å²) in [6, 6.07) is 39.8. The summed E-state index contributed by atoms with van der Waals surface area (Å²) in [6.07, 6.45) is 0. The minimum atomic E-state index is -0.409. The van der Waals surface area contributed by atoms with Gasteiger partial charge in [0.2, 0.25) is 0 Å². The van der Waals surface area contributed by atoms with Crippen LogP contribution in [0.1, 0.15) is 175 Å². The van der Waals surface area contributed by atoms with Crippen LogP contribution < -0.4 is 20.4 Å². The van der Waals surface area contributed by atoms with Gasteiger partial charge in [-0.1, -0.05) is 140 Å². The average Bonchev–Trinajstić information content (AvgIpc) is 3.36. The van der Waals surface area contributed by atoms with Gasteiger partial charge in [0.25, 0.3) is 23.6 Å². The minimum absolute atomic E-state index is 0.0558. The van der Waals surface area contributed by atoms with Crippen molar-refractivity contribution in [1.29, 1.82) is 0 Å². The van der Waals surface area contributed by atoms with E-state index in [4.69, 9.17) is 0 Å². The molecule has 10 heteroatoms. The van der Waals surface area contributed by atoms with E-state index in [0.717, 1.165) is 22.3 Å². The first-order chi connectivity index (χ1) is 34.6. The highest BCUT2D eigenvalue weighted by Gasteiger charge is 2.40. The number of para-hydroxylation sites is 2. The van der Waals surface area contributed by atoms with Gasteiger partial charge in [-0.25, -0.2) is 9.80 Å². The van der Waals surface area contributed by atoms with Crippen molar-refractivity contribution in [3.05, 3.63) is 200 Å². The van der Waals surface area contributed by atoms with Gasteiger partial charge in [0.1, 0.15) is 0 Å². The molecule has 4 amide bonds. The maximum Gasteiger partial charge on any atom is 0.266 e. The third kappa shape index (κ3) is 6.83. The van der Waals surface area contributed by atoms with Gasteiger partial charge in [0, 0.05) is 66.3 Å². The summed E-state index contributed by atoms with van der Waals surface area (Å²) in [5.74, 6) is -2.14. The molecule has 2 aliphatic heterocycles. The predicted molar refractivity (Wildman–Crippen MR) is 286 cm³/mol. The van der Waals surface area contributed by atoms with Crippen molar-refractivity contribution in [1.82, 2.24) is 0 Å². The molecule has 0 saturated carbocycles. The molecule has 10 nitrogen and oxygen atoms in total. The van der Waals surface area contributed by atoms with E-state index >= 15 is 0 Å². The van der Waals surface area contributed by atoms with E-state index in [2.05, 4.69) is 66.0 Å². The lowest BCUT2D eigenvalue weighted by atomic mass is 9.82. The van der Waals surface area contributed by atoms with Crippen LogP contribution in [0.2, 0.25) is 0 Å². The van der Waals surface area contributed by atoms with Crippen molar-refractivity contribution in [2.75, 3.05) is 20.4 Å². The van der Waals surface area contributed by atoms with Gasteiger partial charge >= 0.3 is 0 Å². The molecule has 0 unspecified atom stereocenters. The monoisotopic (exact) mass is 948 g/mol. The van der Waals surface area contributed by atoms with Gasteiger partial charge in [-0.2, -0.15) is 0 Å². The Balaban J connectivity index is 0.935. The number of nitrogens with zero attached hydrogens (tertiary/aromatic N) is 2. The van der Waals surface area contributed by atoms with E-state index in [0.29, 0.717) is 77.9 Å². The Morgan fingerprint density at radius 2 is 0.611 bits per heavy atom. The van der Waals surface area contributed by atoms with Crippen LogP contribution in [0.4, 0.5) is 34.1 Å². The number of rotatable bonds is 10. The van der Waals surface area contributed by atoms with Crippen LogP contribution in [0.3, 0.4) is 0 Å². The third-order valence-electron chi connectivity index (χ3n) is 14.6. The Morgan fingerprint density at radius 1 is 0.319 bits per heavy atom. The van der Waals surface area contributed by atoms with Crippen LogP contribution in [0.15, 0.2) is 133 Å². The molecule has 2 N–H and O–H groups in total. The number of ketones is 2. The molecule has 0 fully saturated rings. The second-order valence-corrected chi connectivity index (χ2v) is 20.2. The highest BCUT2D eigenvalue weighted by Crippen LogP contribution is 2.46. The van der Waals surface area contributed by atoms with Gasteiger partial charge in [0.15, 0.2) is 11.6 Å². The molecule has 0 aromatic heterocycles. The van der Waals surface area contributed by atoms with Gasteiger partial charge in [-0.15, -0.1) is 0 Å². The van der Waals surface area contributed by atoms with E-state index in [1.807, 2.05) is 48.5 Å². The first-order valence-electron chi connectivity index (χ1n) is 24.6. The number of nitrogens with one attached hydrogen (secondary N) is 2. The van der Waals surface area contributed by atoms with E-state index in [1.165, 1.54) is 9.80 Å². The summed E-state index contributed by atoms with van der Waals surface area (Å²) in [7, 11) is 0. The molecule has 0 saturated heterocycles. The molecule has 1 aliphatic carbocycles. The van der Waals surface area contributed by atoms with E-state index in [9.17, 15) is 28.8 Å². The lowest BCUT2D eigenvalue weighted by molar-refractivity contribution is 0.0877. The van der Waals surface area contributed by atoms with Crippen molar-refractivity contribution >= 4 is 90.9 Å². The van der Waals surface area contributed by atoms with Gasteiger partial charge in [0.05, 0.1) is 33.9 Å². The zero-order valence-corrected chi connectivity index (χ0v) is 41.4. The summed E-state index contributed by atoms with van der Waals surface area (Å²) in [5.41, 5.74) is 9.15.